The minimum atomic E-state index is -4.42. The van der Waals surface area contributed by atoms with Crippen LogP contribution in [0.5, 0.6) is 0 Å². The van der Waals surface area contributed by atoms with Gasteiger partial charge in [-0.05, 0) is 25.1 Å². The molecule has 1 rings (SSSR count). The standard InChI is InChI=1S/C12H16F3N3O/c1-8(17-18(2)3)11(19)16-10-6-4-5-9(7-10)12(13,14)15/h4-8,17H,1-3H3,(H,16,19)/t8-/m0/s1. The number of carbonyl (C=O) groups is 1. The fraction of sp³-hybridized carbons (Fsp3) is 0.417. The zero-order valence-electron chi connectivity index (χ0n) is 10.9. The normalized spacial score (nSPS) is 13.4. The summed E-state index contributed by atoms with van der Waals surface area (Å²) in [5.41, 5.74) is 2.13. The van der Waals surface area contributed by atoms with Gasteiger partial charge < -0.3 is 5.32 Å². The molecular formula is C12H16F3N3O. The van der Waals surface area contributed by atoms with Crippen LogP contribution in [0.25, 0.3) is 0 Å². The summed E-state index contributed by atoms with van der Waals surface area (Å²) in [5, 5.41) is 4.03. The van der Waals surface area contributed by atoms with Crippen molar-refractivity contribution in [2.45, 2.75) is 19.1 Å². The molecule has 0 aliphatic carbocycles. The largest absolute Gasteiger partial charge is 0.416 e. The number of nitrogens with one attached hydrogen (secondary N) is 2. The van der Waals surface area contributed by atoms with Gasteiger partial charge in [-0.15, -0.1) is 0 Å². The number of rotatable bonds is 4. The van der Waals surface area contributed by atoms with Crippen LogP contribution < -0.4 is 10.7 Å². The topological polar surface area (TPSA) is 44.4 Å². The average molecular weight is 275 g/mol. The summed E-state index contributed by atoms with van der Waals surface area (Å²) in [6.07, 6.45) is -4.42. The molecule has 106 valence electrons. The molecule has 0 saturated heterocycles. The lowest BCUT2D eigenvalue weighted by molar-refractivity contribution is -0.137. The van der Waals surface area contributed by atoms with E-state index in [2.05, 4.69) is 10.7 Å². The van der Waals surface area contributed by atoms with Crippen LogP contribution in [0.4, 0.5) is 18.9 Å². The highest BCUT2D eigenvalue weighted by molar-refractivity contribution is 5.94. The molecule has 2 N–H and O–H groups in total. The van der Waals surface area contributed by atoms with E-state index in [0.717, 1.165) is 12.1 Å². The number of benzene rings is 1. The molecule has 0 spiro atoms. The molecule has 1 atom stereocenters. The molecule has 1 amide bonds. The number of hydrogen-bond donors (Lipinski definition) is 2. The van der Waals surface area contributed by atoms with Gasteiger partial charge in [0.15, 0.2) is 0 Å². The maximum atomic E-state index is 12.5. The third-order valence-corrected chi connectivity index (χ3v) is 2.30. The molecule has 0 radical (unpaired) electrons. The maximum Gasteiger partial charge on any atom is 0.416 e. The summed E-state index contributed by atoms with van der Waals surface area (Å²) in [7, 11) is 3.43. The van der Waals surface area contributed by atoms with E-state index in [1.165, 1.54) is 12.1 Å². The van der Waals surface area contributed by atoms with Crippen LogP contribution in [0, 0.1) is 0 Å². The molecule has 0 fully saturated rings. The van der Waals surface area contributed by atoms with E-state index in [1.54, 1.807) is 26.0 Å². The van der Waals surface area contributed by atoms with Crippen LogP contribution in [0.15, 0.2) is 24.3 Å². The number of hydrazine groups is 1. The van der Waals surface area contributed by atoms with Crippen LogP contribution in [0.1, 0.15) is 12.5 Å². The molecular weight excluding hydrogens is 259 g/mol. The summed E-state index contributed by atoms with van der Waals surface area (Å²) in [5.74, 6) is -0.409. The molecule has 19 heavy (non-hydrogen) atoms. The Morgan fingerprint density at radius 2 is 1.95 bits per heavy atom. The lowest BCUT2D eigenvalue weighted by atomic mass is 10.2. The molecule has 1 aromatic carbocycles. The van der Waals surface area contributed by atoms with Crippen molar-refractivity contribution in [3.05, 3.63) is 29.8 Å². The maximum absolute atomic E-state index is 12.5. The number of halogens is 3. The highest BCUT2D eigenvalue weighted by Gasteiger charge is 2.30. The van der Waals surface area contributed by atoms with Crippen LogP contribution >= 0.6 is 0 Å². The van der Waals surface area contributed by atoms with E-state index in [9.17, 15) is 18.0 Å². The fourth-order valence-electron chi connectivity index (χ4n) is 1.47. The van der Waals surface area contributed by atoms with Crippen LogP contribution in [0.3, 0.4) is 0 Å². The Kier molecular flexibility index (Phi) is 4.90. The van der Waals surface area contributed by atoms with Gasteiger partial charge in [0.2, 0.25) is 5.91 Å². The predicted molar refractivity (Wildman–Crippen MR) is 66.4 cm³/mol. The zero-order valence-corrected chi connectivity index (χ0v) is 10.9. The van der Waals surface area contributed by atoms with E-state index in [4.69, 9.17) is 0 Å². The Morgan fingerprint density at radius 3 is 2.47 bits per heavy atom. The summed E-state index contributed by atoms with van der Waals surface area (Å²) in [6, 6.07) is 3.97. The van der Waals surface area contributed by atoms with Gasteiger partial charge in [0.1, 0.15) is 0 Å². The van der Waals surface area contributed by atoms with Crippen molar-refractivity contribution in [1.82, 2.24) is 10.4 Å². The summed E-state index contributed by atoms with van der Waals surface area (Å²) < 4.78 is 37.5. The minimum absolute atomic E-state index is 0.118. The van der Waals surface area contributed by atoms with E-state index in [0.29, 0.717) is 0 Å². The lowest BCUT2D eigenvalue weighted by Gasteiger charge is -2.19. The highest BCUT2D eigenvalue weighted by Crippen LogP contribution is 2.30. The second kappa shape index (κ2) is 6.03. The van der Waals surface area contributed by atoms with Crippen molar-refractivity contribution in [2.75, 3.05) is 19.4 Å². The predicted octanol–water partition coefficient (Wildman–Crippen LogP) is 2.10. The molecule has 0 aromatic heterocycles. The van der Waals surface area contributed by atoms with Crippen molar-refractivity contribution >= 4 is 11.6 Å². The average Bonchev–Trinajstić information content (AvgIpc) is 2.27. The first-order valence-corrected chi connectivity index (χ1v) is 5.62. The van der Waals surface area contributed by atoms with Crippen molar-refractivity contribution in [2.24, 2.45) is 0 Å². The van der Waals surface area contributed by atoms with Gasteiger partial charge in [0.05, 0.1) is 11.6 Å². The smallest absolute Gasteiger partial charge is 0.325 e. The van der Waals surface area contributed by atoms with E-state index >= 15 is 0 Å². The van der Waals surface area contributed by atoms with Gasteiger partial charge in [-0.2, -0.15) is 13.2 Å². The quantitative estimate of drug-likeness (QED) is 0.827. The first-order chi connectivity index (χ1) is 8.70. The minimum Gasteiger partial charge on any atom is -0.325 e. The lowest BCUT2D eigenvalue weighted by Crippen LogP contribution is -2.45. The van der Waals surface area contributed by atoms with Crippen molar-refractivity contribution in [1.29, 1.82) is 0 Å². The Labute approximate surface area is 109 Å². The van der Waals surface area contributed by atoms with Crippen molar-refractivity contribution in [3.63, 3.8) is 0 Å². The number of alkyl halides is 3. The van der Waals surface area contributed by atoms with Gasteiger partial charge in [-0.1, -0.05) is 6.07 Å². The van der Waals surface area contributed by atoms with Gasteiger partial charge in [0.25, 0.3) is 0 Å². The summed E-state index contributed by atoms with van der Waals surface area (Å²) in [6.45, 7) is 1.61. The van der Waals surface area contributed by atoms with Gasteiger partial charge in [-0.3, -0.25) is 4.79 Å². The number of nitrogens with zero attached hydrogens (tertiary/aromatic N) is 1. The van der Waals surface area contributed by atoms with E-state index in [1.807, 2.05) is 0 Å². The molecule has 0 aliphatic rings. The van der Waals surface area contributed by atoms with Gasteiger partial charge in [-0.25, -0.2) is 10.4 Å². The number of hydrogen-bond acceptors (Lipinski definition) is 3. The first-order valence-electron chi connectivity index (χ1n) is 5.62. The van der Waals surface area contributed by atoms with Crippen LogP contribution in [-0.2, 0) is 11.0 Å². The molecule has 0 saturated carbocycles. The molecule has 1 aromatic rings. The van der Waals surface area contributed by atoms with E-state index < -0.39 is 23.7 Å². The Morgan fingerprint density at radius 1 is 1.32 bits per heavy atom. The van der Waals surface area contributed by atoms with Crippen molar-refractivity contribution < 1.29 is 18.0 Å². The number of anilines is 1. The number of carbonyl (C=O) groups excluding carboxylic acids is 1. The monoisotopic (exact) mass is 275 g/mol. The molecule has 0 aliphatic heterocycles. The molecule has 7 heteroatoms. The second-order valence-electron chi connectivity index (χ2n) is 4.31. The van der Waals surface area contributed by atoms with Gasteiger partial charge in [0, 0.05) is 19.8 Å². The van der Waals surface area contributed by atoms with Gasteiger partial charge >= 0.3 is 6.18 Å². The Hall–Kier alpha value is -1.60. The number of amides is 1. The Balaban J connectivity index is 2.75. The second-order valence-corrected chi connectivity index (χ2v) is 4.31. The zero-order chi connectivity index (χ0) is 14.6. The molecule has 0 heterocycles. The first kappa shape index (κ1) is 15.5. The summed E-state index contributed by atoms with van der Waals surface area (Å²) in [4.78, 5) is 11.7. The molecule has 0 unspecified atom stereocenters. The molecule has 0 bridgehead atoms. The van der Waals surface area contributed by atoms with Crippen LogP contribution in [0.2, 0.25) is 0 Å². The molecule has 4 nitrogen and oxygen atoms in total. The fourth-order valence-corrected chi connectivity index (χ4v) is 1.47. The highest BCUT2D eigenvalue weighted by atomic mass is 19.4. The third-order valence-electron chi connectivity index (χ3n) is 2.30. The van der Waals surface area contributed by atoms with Crippen molar-refractivity contribution in [3.8, 4) is 0 Å². The summed E-state index contributed by atoms with van der Waals surface area (Å²) >= 11 is 0. The Bertz CT molecular complexity index is 446. The SMILES string of the molecule is C[C@H](NN(C)C)C(=O)Nc1cccc(C(F)(F)F)c1. The van der Waals surface area contributed by atoms with E-state index in [-0.39, 0.29) is 5.69 Å². The third kappa shape index (κ3) is 4.88. The van der Waals surface area contributed by atoms with Crippen LogP contribution in [-0.4, -0.2) is 31.1 Å².